The van der Waals surface area contributed by atoms with Crippen molar-refractivity contribution in [3.8, 4) is 0 Å². The number of aryl methyl sites for hydroxylation is 1. The van der Waals surface area contributed by atoms with Crippen molar-refractivity contribution < 1.29 is 17.9 Å². The number of ether oxygens (including phenoxy) is 1. The number of halogens is 1. The molecule has 3 aromatic rings. The molecule has 0 radical (unpaired) electrons. The average Bonchev–Trinajstić information content (AvgIpc) is 3.57. The number of amides is 1. The summed E-state index contributed by atoms with van der Waals surface area (Å²) in [5.74, 6) is -0.233. The second kappa shape index (κ2) is 11.0. The minimum absolute atomic E-state index is 0.0259. The molecule has 7 nitrogen and oxygen atoms in total. The summed E-state index contributed by atoms with van der Waals surface area (Å²) in [5, 5.41) is 1.21. The van der Waals surface area contributed by atoms with Crippen molar-refractivity contribution >= 4 is 54.2 Å². The highest BCUT2D eigenvalue weighted by molar-refractivity contribution is 7.89. The second-order valence-corrected chi connectivity index (χ2v) is 13.4. The Kier molecular flexibility index (Phi) is 7.88. The third kappa shape index (κ3) is 5.56. The molecule has 0 spiro atoms. The Morgan fingerprint density at radius 1 is 1.11 bits per heavy atom. The van der Waals surface area contributed by atoms with Crippen molar-refractivity contribution in [2.75, 3.05) is 25.1 Å². The molecule has 10 heteroatoms. The van der Waals surface area contributed by atoms with E-state index in [4.69, 9.17) is 21.3 Å². The van der Waals surface area contributed by atoms with Crippen molar-refractivity contribution in [1.82, 2.24) is 9.29 Å². The van der Waals surface area contributed by atoms with Gasteiger partial charge in [-0.2, -0.15) is 4.31 Å². The first-order valence-electron chi connectivity index (χ1n) is 12.8. The summed E-state index contributed by atoms with van der Waals surface area (Å²) in [5.41, 5.74) is 2.18. The smallest absolute Gasteiger partial charge is 0.260 e. The van der Waals surface area contributed by atoms with Gasteiger partial charge in [0.25, 0.3) is 5.91 Å². The third-order valence-electron chi connectivity index (χ3n) is 7.39. The van der Waals surface area contributed by atoms with E-state index < -0.39 is 10.0 Å². The predicted octanol–water partition coefficient (Wildman–Crippen LogP) is 6.04. The van der Waals surface area contributed by atoms with Crippen LogP contribution in [0.25, 0.3) is 10.2 Å². The molecule has 0 bridgehead atoms. The third-order valence-corrected chi connectivity index (χ3v) is 10.6. The van der Waals surface area contributed by atoms with Crippen LogP contribution in [0.5, 0.6) is 0 Å². The van der Waals surface area contributed by atoms with Gasteiger partial charge in [0.1, 0.15) is 0 Å². The van der Waals surface area contributed by atoms with Crippen LogP contribution in [0.15, 0.2) is 41.3 Å². The summed E-state index contributed by atoms with van der Waals surface area (Å²) in [6, 6.07) is 10.0. The monoisotopic (exact) mass is 561 g/mol. The van der Waals surface area contributed by atoms with Crippen molar-refractivity contribution in [1.29, 1.82) is 0 Å². The number of anilines is 1. The molecular formula is C27H32ClN3O4S2. The van der Waals surface area contributed by atoms with E-state index in [1.165, 1.54) is 27.8 Å². The SMILES string of the molecule is Cc1cc(Cl)cc2sc(N(CC3CCCO3)C(=O)c3ccc(S(=O)(=O)N(C)C4CCCCC4)cc3)nc12. The summed E-state index contributed by atoms with van der Waals surface area (Å²) >= 11 is 7.68. The molecule has 1 aliphatic heterocycles. The highest BCUT2D eigenvalue weighted by Gasteiger charge is 2.30. The summed E-state index contributed by atoms with van der Waals surface area (Å²) in [7, 11) is -1.97. The second-order valence-electron chi connectivity index (χ2n) is 9.95. The molecule has 1 amide bonds. The number of thiazole rings is 1. The lowest BCUT2D eigenvalue weighted by molar-refractivity contribution is 0.0917. The van der Waals surface area contributed by atoms with Crippen LogP contribution in [0.2, 0.25) is 5.02 Å². The largest absolute Gasteiger partial charge is 0.376 e. The van der Waals surface area contributed by atoms with E-state index in [9.17, 15) is 13.2 Å². The lowest BCUT2D eigenvalue weighted by Gasteiger charge is -2.30. The zero-order valence-electron chi connectivity index (χ0n) is 21.2. The first-order chi connectivity index (χ1) is 17.7. The summed E-state index contributed by atoms with van der Waals surface area (Å²) in [6.45, 7) is 3.02. The van der Waals surface area contributed by atoms with Crippen LogP contribution in [0.4, 0.5) is 5.13 Å². The number of hydrogen-bond donors (Lipinski definition) is 0. The van der Waals surface area contributed by atoms with Crippen LogP contribution in [-0.4, -0.2) is 56.0 Å². The van der Waals surface area contributed by atoms with Crippen molar-refractivity contribution in [3.63, 3.8) is 0 Å². The first kappa shape index (κ1) is 26.6. The Morgan fingerprint density at radius 2 is 1.84 bits per heavy atom. The molecule has 1 unspecified atom stereocenters. The van der Waals surface area contributed by atoms with Gasteiger partial charge in [-0.1, -0.05) is 42.2 Å². The molecular weight excluding hydrogens is 530 g/mol. The molecule has 37 heavy (non-hydrogen) atoms. The molecule has 1 aromatic heterocycles. The standard InChI is InChI=1S/C27H32ClN3O4S2/c1-18-15-20(28)16-24-25(18)29-27(36-24)31(17-22-9-6-14-35-22)26(32)19-10-12-23(13-11-19)37(33,34)30(2)21-7-4-3-5-8-21/h10-13,15-16,21-22H,3-9,14,17H2,1-2H3. The lowest BCUT2D eigenvalue weighted by atomic mass is 9.96. The Bertz CT molecular complexity index is 1380. The van der Waals surface area contributed by atoms with E-state index >= 15 is 0 Å². The number of nitrogens with zero attached hydrogens (tertiary/aromatic N) is 3. The number of sulfonamides is 1. The molecule has 2 aromatic carbocycles. The molecule has 1 saturated heterocycles. The number of benzene rings is 2. The minimum atomic E-state index is -3.63. The fourth-order valence-corrected chi connectivity index (χ4v) is 8.07. The first-order valence-corrected chi connectivity index (χ1v) is 15.5. The van der Waals surface area contributed by atoms with Crippen molar-refractivity contribution in [2.45, 2.75) is 68.9 Å². The van der Waals surface area contributed by atoms with Gasteiger partial charge < -0.3 is 4.74 Å². The van der Waals surface area contributed by atoms with Gasteiger partial charge in [-0.15, -0.1) is 0 Å². The normalized spacial score (nSPS) is 19.1. The van der Waals surface area contributed by atoms with Gasteiger partial charge in [0, 0.05) is 30.3 Å². The molecule has 2 heterocycles. The van der Waals surface area contributed by atoms with Gasteiger partial charge >= 0.3 is 0 Å². The lowest BCUT2D eigenvalue weighted by Crippen LogP contribution is -2.38. The van der Waals surface area contributed by atoms with E-state index in [-0.39, 0.29) is 22.9 Å². The zero-order chi connectivity index (χ0) is 26.2. The van der Waals surface area contributed by atoms with E-state index in [0.717, 1.165) is 60.7 Å². The van der Waals surface area contributed by atoms with Gasteiger partial charge in [-0.05, 0) is 74.6 Å². The quantitative estimate of drug-likeness (QED) is 0.351. The number of carbonyl (C=O) groups is 1. The highest BCUT2D eigenvalue weighted by atomic mass is 35.5. The van der Waals surface area contributed by atoms with Crippen LogP contribution < -0.4 is 4.90 Å². The fourth-order valence-electron chi connectivity index (χ4n) is 5.23. The number of aromatic nitrogens is 1. The topological polar surface area (TPSA) is 79.8 Å². The number of rotatable bonds is 7. The highest BCUT2D eigenvalue weighted by Crippen LogP contribution is 2.34. The number of hydrogen-bond acceptors (Lipinski definition) is 6. The molecule has 2 aliphatic rings. The van der Waals surface area contributed by atoms with Gasteiger partial charge in [-0.3, -0.25) is 9.69 Å². The minimum Gasteiger partial charge on any atom is -0.376 e. The fraction of sp³-hybridized carbons (Fsp3) is 0.481. The number of fused-ring (bicyclic) bond motifs is 1. The van der Waals surface area contributed by atoms with Crippen LogP contribution in [0.1, 0.15) is 60.9 Å². The van der Waals surface area contributed by atoms with Crippen LogP contribution in [0.3, 0.4) is 0 Å². The molecule has 1 saturated carbocycles. The van der Waals surface area contributed by atoms with E-state index in [0.29, 0.717) is 28.9 Å². The maximum atomic E-state index is 13.8. The zero-order valence-corrected chi connectivity index (χ0v) is 23.5. The Balaban J connectivity index is 1.43. The maximum absolute atomic E-state index is 13.8. The van der Waals surface area contributed by atoms with Gasteiger partial charge in [0.15, 0.2) is 5.13 Å². The average molecular weight is 562 g/mol. The van der Waals surface area contributed by atoms with E-state index in [1.54, 1.807) is 24.1 Å². The van der Waals surface area contributed by atoms with Crippen LogP contribution in [0, 0.1) is 6.92 Å². The Morgan fingerprint density at radius 3 is 2.51 bits per heavy atom. The van der Waals surface area contributed by atoms with Gasteiger partial charge in [0.2, 0.25) is 10.0 Å². The molecule has 0 N–H and O–H groups in total. The molecule has 5 rings (SSSR count). The number of carbonyl (C=O) groups excluding carboxylic acids is 1. The molecule has 198 valence electrons. The van der Waals surface area contributed by atoms with Gasteiger partial charge in [0.05, 0.1) is 27.8 Å². The van der Waals surface area contributed by atoms with Crippen molar-refractivity contribution in [3.05, 3.63) is 52.5 Å². The van der Waals surface area contributed by atoms with E-state index in [1.807, 2.05) is 19.1 Å². The van der Waals surface area contributed by atoms with Crippen molar-refractivity contribution in [2.24, 2.45) is 0 Å². The molecule has 1 atom stereocenters. The van der Waals surface area contributed by atoms with E-state index in [2.05, 4.69) is 0 Å². The summed E-state index contributed by atoms with van der Waals surface area (Å²) in [6.07, 6.45) is 6.81. The molecule has 1 aliphatic carbocycles. The maximum Gasteiger partial charge on any atom is 0.260 e. The summed E-state index contributed by atoms with van der Waals surface area (Å²) < 4.78 is 34.8. The molecule has 2 fully saturated rings. The predicted molar refractivity (Wildman–Crippen MR) is 148 cm³/mol. The summed E-state index contributed by atoms with van der Waals surface area (Å²) in [4.78, 5) is 20.4. The Hall–Kier alpha value is -2.04. The van der Waals surface area contributed by atoms with Crippen LogP contribution in [-0.2, 0) is 14.8 Å². The van der Waals surface area contributed by atoms with Crippen LogP contribution >= 0.6 is 22.9 Å². The van der Waals surface area contributed by atoms with Gasteiger partial charge in [-0.25, -0.2) is 13.4 Å². The Labute approximate surface area is 227 Å².